The van der Waals surface area contributed by atoms with E-state index in [1.165, 1.54) is 12.8 Å². The van der Waals surface area contributed by atoms with Gasteiger partial charge >= 0.3 is 0 Å². The van der Waals surface area contributed by atoms with Gasteiger partial charge in [-0.25, -0.2) is 0 Å². The average molecular weight is 322 g/mol. The van der Waals surface area contributed by atoms with Crippen molar-refractivity contribution in [3.8, 4) is 11.5 Å². The Morgan fingerprint density at radius 3 is 3.00 bits per heavy atom. The van der Waals surface area contributed by atoms with Gasteiger partial charge in [-0.2, -0.15) is 0 Å². The fraction of sp³-hybridized carbons (Fsp3) is 0.429. The van der Waals surface area contributed by atoms with Crippen LogP contribution in [0.4, 0.5) is 0 Å². The van der Waals surface area contributed by atoms with Crippen molar-refractivity contribution in [2.24, 2.45) is 0 Å². The number of hydrogen-bond donors (Lipinski definition) is 1. The molecule has 1 saturated carbocycles. The average Bonchev–Trinajstić information content (AvgIpc) is 3.10. The van der Waals surface area contributed by atoms with Crippen LogP contribution in [0.2, 0.25) is 0 Å². The Bertz CT molecular complexity index is 578. The van der Waals surface area contributed by atoms with E-state index < -0.39 is 0 Å². The molecule has 0 saturated heterocycles. The van der Waals surface area contributed by atoms with Crippen LogP contribution in [0.3, 0.4) is 0 Å². The second-order valence-electron chi connectivity index (χ2n) is 4.92. The summed E-state index contributed by atoms with van der Waals surface area (Å²) in [6.45, 7) is 2.95. The topological polar surface area (TPSA) is 51.0 Å². The number of hydrogen-bond acceptors (Lipinski definition) is 4. The lowest BCUT2D eigenvalue weighted by molar-refractivity contribution is 0.494. The third kappa shape index (κ3) is 3.04. The fourth-order valence-electron chi connectivity index (χ4n) is 1.95. The Hall–Kier alpha value is -1.20. The van der Waals surface area contributed by atoms with Crippen molar-refractivity contribution >= 4 is 15.9 Å². The lowest BCUT2D eigenvalue weighted by Crippen LogP contribution is -2.19. The normalized spacial score (nSPS) is 14.8. The molecule has 0 radical (unpaired) electrons. The first-order chi connectivity index (χ1) is 9.24. The molecule has 2 aromatic rings. The zero-order valence-corrected chi connectivity index (χ0v) is 12.4. The Balaban J connectivity index is 1.70. The van der Waals surface area contributed by atoms with Gasteiger partial charge in [-0.1, -0.05) is 12.1 Å². The van der Waals surface area contributed by atoms with Crippen LogP contribution >= 0.6 is 15.9 Å². The van der Waals surface area contributed by atoms with E-state index in [0.29, 0.717) is 17.8 Å². The third-order valence-electron chi connectivity index (χ3n) is 3.24. The van der Waals surface area contributed by atoms with Gasteiger partial charge in [0.05, 0.1) is 5.56 Å². The highest BCUT2D eigenvalue weighted by Gasteiger charge is 2.20. The second kappa shape index (κ2) is 5.43. The van der Waals surface area contributed by atoms with Gasteiger partial charge in [-0.3, -0.25) is 0 Å². The maximum atomic E-state index is 5.72. The van der Waals surface area contributed by atoms with Crippen molar-refractivity contribution < 1.29 is 4.42 Å². The first kappa shape index (κ1) is 12.8. The third-order valence-corrected chi connectivity index (χ3v) is 4.29. The molecule has 0 atom stereocenters. The highest BCUT2D eigenvalue weighted by atomic mass is 79.9. The van der Waals surface area contributed by atoms with Crippen molar-refractivity contribution in [3.63, 3.8) is 0 Å². The summed E-state index contributed by atoms with van der Waals surface area (Å²) in [5.74, 6) is 1.27. The van der Waals surface area contributed by atoms with Gasteiger partial charge in [0.25, 0.3) is 0 Å². The lowest BCUT2D eigenvalue weighted by Gasteiger charge is -2.02. The van der Waals surface area contributed by atoms with Crippen LogP contribution in [-0.4, -0.2) is 22.8 Å². The lowest BCUT2D eigenvalue weighted by atomic mass is 10.1. The predicted octanol–water partition coefficient (Wildman–Crippen LogP) is 3.10. The SMILES string of the molecule is Cc1cccc(-c2nnc(CCNC3CC3)o2)c1Br. The van der Waals surface area contributed by atoms with E-state index in [1.54, 1.807) is 0 Å². The maximum Gasteiger partial charge on any atom is 0.248 e. The van der Waals surface area contributed by atoms with Crippen molar-refractivity contribution in [2.45, 2.75) is 32.2 Å². The van der Waals surface area contributed by atoms with Crippen LogP contribution in [0.5, 0.6) is 0 Å². The monoisotopic (exact) mass is 321 g/mol. The first-order valence-electron chi connectivity index (χ1n) is 6.55. The molecule has 1 aromatic heterocycles. The minimum absolute atomic E-state index is 0.581. The summed E-state index contributed by atoms with van der Waals surface area (Å²) in [4.78, 5) is 0. The number of nitrogens with zero attached hydrogens (tertiary/aromatic N) is 2. The van der Waals surface area contributed by atoms with Crippen LogP contribution < -0.4 is 5.32 Å². The smallest absolute Gasteiger partial charge is 0.248 e. The van der Waals surface area contributed by atoms with Crippen molar-refractivity contribution in [2.75, 3.05) is 6.54 Å². The van der Waals surface area contributed by atoms with Crippen molar-refractivity contribution in [1.82, 2.24) is 15.5 Å². The molecule has 0 spiro atoms. The highest BCUT2D eigenvalue weighted by molar-refractivity contribution is 9.10. The van der Waals surface area contributed by atoms with Crippen LogP contribution in [-0.2, 0) is 6.42 Å². The van der Waals surface area contributed by atoms with E-state index in [2.05, 4.69) is 31.4 Å². The molecule has 1 fully saturated rings. The molecule has 100 valence electrons. The molecule has 0 unspecified atom stereocenters. The minimum Gasteiger partial charge on any atom is -0.421 e. The van der Waals surface area contributed by atoms with E-state index in [4.69, 9.17) is 4.42 Å². The molecule has 5 heteroatoms. The molecular formula is C14H16BrN3O. The van der Waals surface area contributed by atoms with Crippen LogP contribution in [0.1, 0.15) is 24.3 Å². The number of nitrogens with one attached hydrogen (secondary N) is 1. The molecule has 4 nitrogen and oxygen atoms in total. The van der Waals surface area contributed by atoms with E-state index in [-0.39, 0.29) is 0 Å². The van der Waals surface area contributed by atoms with Gasteiger partial charge in [-0.05, 0) is 47.3 Å². The minimum atomic E-state index is 0.581. The predicted molar refractivity (Wildman–Crippen MR) is 76.9 cm³/mol. The maximum absolute atomic E-state index is 5.72. The molecule has 0 bridgehead atoms. The number of benzene rings is 1. The molecule has 1 N–H and O–H groups in total. The molecule has 1 heterocycles. The zero-order valence-electron chi connectivity index (χ0n) is 10.8. The Morgan fingerprint density at radius 1 is 1.37 bits per heavy atom. The molecule has 1 aliphatic rings. The molecule has 1 aliphatic carbocycles. The van der Waals surface area contributed by atoms with Crippen LogP contribution in [0.25, 0.3) is 11.5 Å². The number of aromatic nitrogens is 2. The standard InChI is InChI=1S/C14H16BrN3O/c1-9-3-2-4-11(13(9)15)14-18-17-12(19-14)7-8-16-10-5-6-10/h2-4,10,16H,5-8H2,1H3. The van der Waals surface area contributed by atoms with Crippen LogP contribution in [0, 0.1) is 6.92 Å². The second-order valence-corrected chi connectivity index (χ2v) is 5.71. The fourth-order valence-corrected chi connectivity index (χ4v) is 2.38. The largest absolute Gasteiger partial charge is 0.421 e. The summed E-state index contributed by atoms with van der Waals surface area (Å²) in [6, 6.07) is 6.74. The van der Waals surface area contributed by atoms with E-state index in [0.717, 1.165) is 28.6 Å². The van der Waals surface area contributed by atoms with Crippen molar-refractivity contribution in [1.29, 1.82) is 0 Å². The first-order valence-corrected chi connectivity index (χ1v) is 7.34. The quantitative estimate of drug-likeness (QED) is 0.919. The van der Waals surface area contributed by atoms with Gasteiger partial charge in [0.1, 0.15) is 0 Å². The zero-order chi connectivity index (χ0) is 13.2. The summed E-state index contributed by atoms with van der Waals surface area (Å²) >= 11 is 3.57. The number of rotatable bonds is 5. The molecular weight excluding hydrogens is 306 g/mol. The molecule has 0 amide bonds. The van der Waals surface area contributed by atoms with Gasteiger partial charge in [0, 0.05) is 23.5 Å². The van der Waals surface area contributed by atoms with Gasteiger partial charge in [0.15, 0.2) is 0 Å². The van der Waals surface area contributed by atoms with E-state index in [9.17, 15) is 0 Å². The van der Waals surface area contributed by atoms with Gasteiger partial charge in [0.2, 0.25) is 11.8 Å². The molecule has 19 heavy (non-hydrogen) atoms. The molecule has 0 aliphatic heterocycles. The van der Waals surface area contributed by atoms with E-state index >= 15 is 0 Å². The van der Waals surface area contributed by atoms with Crippen molar-refractivity contribution in [3.05, 3.63) is 34.1 Å². The summed E-state index contributed by atoms with van der Waals surface area (Å²) in [5.41, 5.74) is 2.11. The van der Waals surface area contributed by atoms with Crippen LogP contribution in [0.15, 0.2) is 27.1 Å². The number of halogens is 1. The Kier molecular flexibility index (Phi) is 3.66. The number of aryl methyl sites for hydroxylation is 1. The van der Waals surface area contributed by atoms with Gasteiger partial charge < -0.3 is 9.73 Å². The highest BCUT2D eigenvalue weighted by Crippen LogP contribution is 2.29. The van der Waals surface area contributed by atoms with Gasteiger partial charge in [-0.15, -0.1) is 10.2 Å². The van der Waals surface area contributed by atoms with E-state index in [1.807, 2.05) is 25.1 Å². The Labute approximate surface area is 120 Å². The Morgan fingerprint density at radius 2 is 2.21 bits per heavy atom. The summed E-state index contributed by atoms with van der Waals surface area (Å²) < 4.78 is 6.73. The summed E-state index contributed by atoms with van der Waals surface area (Å²) in [6.07, 6.45) is 3.38. The summed E-state index contributed by atoms with van der Waals surface area (Å²) in [7, 11) is 0. The molecule has 1 aromatic carbocycles. The summed E-state index contributed by atoms with van der Waals surface area (Å²) in [5, 5.41) is 11.7. The molecule has 3 rings (SSSR count).